The molecule has 0 saturated carbocycles. The van der Waals surface area contributed by atoms with E-state index in [0.717, 1.165) is 12.8 Å². The van der Waals surface area contributed by atoms with E-state index in [1.165, 1.54) is 44.3 Å². The van der Waals surface area contributed by atoms with E-state index in [0.29, 0.717) is 0 Å². The van der Waals surface area contributed by atoms with Crippen LogP contribution in [0.5, 0.6) is 0 Å². The minimum absolute atomic E-state index is 0.0507. The Hall–Kier alpha value is -2.35. The van der Waals surface area contributed by atoms with Crippen LogP contribution in [0.3, 0.4) is 0 Å². The van der Waals surface area contributed by atoms with E-state index in [4.69, 9.17) is 0 Å². The van der Waals surface area contributed by atoms with Gasteiger partial charge in [-0.2, -0.15) is 4.40 Å². The van der Waals surface area contributed by atoms with Gasteiger partial charge in [-0.1, -0.05) is 57.2 Å². The Morgan fingerprint density at radius 1 is 0.889 bits per heavy atom. The lowest BCUT2D eigenvalue weighted by atomic mass is 9.61. The van der Waals surface area contributed by atoms with Gasteiger partial charge in [0, 0.05) is 30.0 Å². The van der Waals surface area contributed by atoms with Gasteiger partial charge in [-0.3, -0.25) is 0 Å². The van der Waals surface area contributed by atoms with Crippen molar-refractivity contribution in [1.29, 1.82) is 0 Å². The minimum Gasteiger partial charge on any atom is -0.221 e. The van der Waals surface area contributed by atoms with Crippen LogP contribution in [0.2, 0.25) is 0 Å². The van der Waals surface area contributed by atoms with Crippen molar-refractivity contribution in [3.8, 4) is 0 Å². The summed E-state index contributed by atoms with van der Waals surface area (Å²) in [5.74, 6) is 0. The summed E-state index contributed by atoms with van der Waals surface area (Å²) < 4.78 is 5.19. The Kier molecular flexibility index (Phi) is 3.19. The number of benzene rings is 2. The number of imidazole rings is 1. The highest BCUT2D eigenvalue weighted by Gasteiger charge is 2.55. The molecule has 5 rings (SSSR count). The number of rotatable bonds is 2. The molecule has 0 saturated heterocycles. The molecule has 2 nitrogen and oxygen atoms in total. The zero-order valence-corrected chi connectivity index (χ0v) is 17.4. The molecule has 2 aromatic carbocycles. The number of nitrogens with zero attached hydrogens (tertiary/aromatic N) is 2. The molecular formula is C25H29N2+. The number of pyridine rings is 1. The van der Waals surface area contributed by atoms with Crippen LogP contribution in [0.4, 0.5) is 0 Å². The molecule has 0 spiro atoms. The van der Waals surface area contributed by atoms with Crippen molar-refractivity contribution in [2.24, 2.45) is 0 Å². The van der Waals surface area contributed by atoms with Gasteiger partial charge in [-0.05, 0) is 31.4 Å². The number of aryl methyl sites for hydroxylation is 1. The SMILES string of the molecule is CCC1(C)c2cccc3c4ccccc4n4c(C)c(C)[n+](c4c23)C1(C)CC. The molecule has 2 heteroatoms. The maximum atomic E-state index is 2.67. The van der Waals surface area contributed by atoms with Gasteiger partial charge < -0.3 is 0 Å². The minimum atomic E-state index is 0.0507. The standard InChI is InChI=1S/C25H29N2/c1-7-24(5)20-14-11-13-19-18-12-9-10-15-21(18)26-16(3)17(4)27(23(26)22(19)20)25(24,6)8-2/h9-15H,7-8H2,1-6H3/q+1. The molecule has 0 bridgehead atoms. The Labute approximate surface area is 161 Å². The van der Waals surface area contributed by atoms with Gasteiger partial charge in [-0.15, -0.1) is 0 Å². The topological polar surface area (TPSA) is 8.29 Å². The Balaban J connectivity index is 2.22. The van der Waals surface area contributed by atoms with Gasteiger partial charge in [0.1, 0.15) is 22.4 Å². The fourth-order valence-corrected chi connectivity index (χ4v) is 5.89. The molecule has 2 unspecified atom stereocenters. The molecule has 0 radical (unpaired) electrons. The van der Waals surface area contributed by atoms with Gasteiger partial charge in [0.15, 0.2) is 0 Å². The van der Waals surface area contributed by atoms with Crippen LogP contribution in [-0.2, 0) is 11.0 Å². The van der Waals surface area contributed by atoms with Crippen LogP contribution in [-0.4, -0.2) is 4.40 Å². The lowest BCUT2D eigenvalue weighted by molar-refractivity contribution is -0.755. The highest BCUT2D eigenvalue weighted by atomic mass is 15.2. The maximum Gasteiger partial charge on any atom is 0.295 e. The molecule has 3 heterocycles. The number of hydrogen-bond acceptors (Lipinski definition) is 0. The van der Waals surface area contributed by atoms with Crippen molar-refractivity contribution in [3.63, 3.8) is 0 Å². The molecule has 2 atom stereocenters. The zero-order valence-electron chi connectivity index (χ0n) is 17.4. The first kappa shape index (κ1) is 16.8. The van der Waals surface area contributed by atoms with Crippen LogP contribution in [0, 0.1) is 13.8 Å². The summed E-state index contributed by atoms with van der Waals surface area (Å²) in [6.07, 6.45) is 2.25. The fraction of sp³-hybridized carbons (Fsp3) is 0.400. The second-order valence-electron chi connectivity index (χ2n) is 8.72. The normalized spacial score (nSPS) is 24.5. The molecule has 1 aliphatic heterocycles. The van der Waals surface area contributed by atoms with Crippen LogP contribution in [0.25, 0.3) is 27.3 Å². The van der Waals surface area contributed by atoms with Gasteiger partial charge in [0.25, 0.3) is 5.65 Å². The predicted octanol–water partition coefficient (Wildman–Crippen LogP) is 5.96. The summed E-state index contributed by atoms with van der Waals surface area (Å²) in [6, 6.07) is 15.9. The van der Waals surface area contributed by atoms with E-state index >= 15 is 0 Å². The molecule has 4 aromatic rings. The van der Waals surface area contributed by atoms with Crippen LogP contribution >= 0.6 is 0 Å². The number of fused-ring (bicyclic) bond motifs is 3. The highest BCUT2D eigenvalue weighted by molar-refractivity contribution is 6.13. The largest absolute Gasteiger partial charge is 0.295 e. The van der Waals surface area contributed by atoms with E-state index in [1.54, 1.807) is 0 Å². The average molecular weight is 358 g/mol. The summed E-state index contributed by atoms with van der Waals surface area (Å²) in [6.45, 7) is 14.3. The Morgan fingerprint density at radius 3 is 2.30 bits per heavy atom. The van der Waals surface area contributed by atoms with Gasteiger partial charge in [0.05, 0.1) is 5.39 Å². The van der Waals surface area contributed by atoms with Gasteiger partial charge in [-0.25, -0.2) is 4.57 Å². The zero-order chi connectivity index (χ0) is 19.1. The third-order valence-electron chi connectivity index (χ3n) is 8.01. The number of para-hydroxylation sites is 1. The van der Waals surface area contributed by atoms with Crippen LogP contribution in [0.15, 0.2) is 42.5 Å². The smallest absolute Gasteiger partial charge is 0.221 e. The Morgan fingerprint density at radius 2 is 1.59 bits per heavy atom. The molecule has 27 heavy (non-hydrogen) atoms. The molecule has 0 fully saturated rings. The molecule has 138 valence electrons. The maximum absolute atomic E-state index is 2.67. The highest BCUT2D eigenvalue weighted by Crippen LogP contribution is 2.50. The molecule has 2 aromatic heterocycles. The van der Waals surface area contributed by atoms with E-state index in [-0.39, 0.29) is 11.0 Å². The molecular weight excluding hydrogens is 328 g/mol. The third-order valence-corrected chi connectivity index (χ3v) is 8.01. The second-order valence-corrected chi connectivity index (χ2v) is 8.72. The van der Waals surface area contributed by atoms with Crippen molar-refractivity contribution in [2.45, 2.75) is 65.3 Å². The molecule has 0 aliphatic carbocycles. The first-order valence-electron chi connectivity index (χ1n) is 10.3. The van der Waals surface area contributed by atoms with Crippen molar-refractivity contribution in [2.75, 3.05) is 0 Å². The summed E-state index contributed by atoms with van der Waals surface area (Å²) in [4.78, 5) is 0. The molecule has 0 N–H and O–H groups in total. The first-order valence-corrected chi connectivity index (χ1v) is 10.3. The van der Waals surface area contributed by atoms with Gasteiger partial charge in [0.2, 0.25) is 0 Å². The van der Waals surface area contributed by atoms with Gasteiger partial charge >= 0.3 is 0 Å². The molecule has 1 aliphatic rings. The average Bonchev–Trinajstić information content (AvgIpc) is 2.97. The number of aromatic nitrogens is 2. The van der Waals surface area contributed by atoms with Crippen LogP contribution < -0.4 is 4.57 Å². The van der Waals surface area contributed by atoms with E-state index in [2.05, 4.69) is 93.0 Å². The monoisotopic (exact) mass is 357 g/mol. The lowest BCUT2D eigenvalue weighted by Crippen LogP contribution is -2.67. The number of hydrogen-bond donors (Lipinski definition) is 0. The third kappa shape index (κ3) is 1.66. The van der Waals surface area contributed by atoms with Crippen molar-refractivity contribution in [1.82, 2.24) is 4.40 Å². The second kappa shape index (κ2) is 5.13. The van der Waals surface area contributed by atoms with E-state index in [9.17, 15) is 0 Å². The van der Waals surface area contributed by atoms with Crippen LogP contribution in [0.1, 0.15) is 57.5 Å². The van der Waals surface area contributed by atoms with Crippen molar-refractivity contribution in [3.05, 3.63) is 59.4 Å². The lowest BCUT2D eigenvalue weighted by Gasteiger charge is -2.47. The van der Waals surface area contributed by atoms with E-state index < -0.39 is 0 Å². The summed E-state index contributed by atoms with van der Waals surface area (Å²) in [5.41, 5.74) is 7.11. The Bertz CT molecular complexity index is 1250. The summed E-state index contributed by atoms with van der Waals surface area (Å²) in [5, 5.41) is 4.19. The first-order chi connectivity index (χ1) is 12.9. The van der Waals surface area contributed by atoms with Crippen molar-refractivity contribution < 1.29 is 4.57 Å². The van der Waals surface area contributed by atoms with Crippen molar-refractivity contribution >= 4 is 27.3 Å². The quantitative estimate of drug-likeness (QED) is 0.309. The predicted molar refractivity (Wildman–Crippen MR) is 114 cm³/mol. The summed E-state index contributed by atoms with van der Waals surface area (Å²) in [7, 11) is 0. The molecule has 0 amide bonds. The van der Waals surface area contributed by atoms with E-state index in [1.807, 2.05) is 0 Å². The summed E-state index contributed by atoms with van der Waals surface area (Å²) >= 11 is 0. The fourth-order valence-electron chi connectivity index (χ4n) is 5.89.